The fraction of sp³-hybridized carbons (Fsp3) is 0.143. The fourth-order valence-corrected chi connectivity index (χ4v) is 2.04. The molecule has 2 rings (SSSR count). The summed E-state index contributed by atoms with van der Waals surface area (Å²) in [5, 5.41) is 17.3. The Balaban J connectivity index is 0.000000235. The third kappa shape index (κ3) is 6.31. The molecule has 0 saturated heterocycles. The first-order valence-electron chi connectivity index (χ1n) is 5.98. The van der Waals surface area contributed by atoms with Gasteiger partial charge in [0.15, 0.2) is 0 Å². The van der Waals surface area contributed by atoms with Gasteiger partial charge in [-0.05, 0) is 49.2 Å². The van der Waals surface area contributed by atoms with E-state index >= 15 is 0 Å². The molecule has 0 atom stereocenters. The monoisotopic (exact) mass is 312 g/mol. The van der Waals surface area contributed by atoms with E-state index in [1.807, 2.05) is 0 Å². The number of phenolic OH excluding ortho intramolecular Hbond substituents is 2. The van der Waals surface area contributed by atoms with Crippen molar-refractivity contribution < 1.29 is 29.1 Å². The van der Waals surface area contributed by atoms with Gasteiger partial charge in [-0.3, -0.25) is 9.79 Å². The Morgan fingerprint density at radius 1 is 0.857 bits per heavy atom. The van der Waals surface area contributed by atoms with E-state index in [1.54, 1.807) is 32.0 Å². The predicted octanol–water partition coefficient (Wildman–Crippen LogP) is 2.87. The van der Waals surface area contributed by atoms with Crippen LogP contribution in [-0.2, 0) is 4.57 Å². The van der Waals surface area contributed by atoms with Crippen LogP contribution in [0.25, 0.3) is 0 Å². The summed E-state index contributed by atoms with van der Waals surface area (Å²) in [7, 11) is -4.44. The number of hydrogen-bond donors (Lipinski definition) is 4. The maximum absolute atomic E-state index is 10.6. The van der Waals surface area contributed by atoms with Crippen LogP contribution in [-0.4, -0.2) is 20.0 Å². The summed E-state index contributed by atoms with van der Waals surface area (Å²) >= 11 is 0. The lowest BCUT2D eigenvalue weighted by molar-refractivity contribution is 0.282. The number of para-hydroxylation sites is 1. The highest BCUT2D eigenvalue weighted by Crippen LogP contribution is 2.40. The Morgan fingerprint density at radius 2 is 1.24 bits per heavy atom. The summed E-state index contributed by atoms with van der Waals surface area (Å²) in [6.07, 6.45) is 0. The van der Waals surface area contributed by atoms with E-state index in [9.17, 15) is 4.57 Å². The van der Waals surface area contributed by atoms with Crippen LogP contribution in [0.4, 0.5) is 0 Å². The summed E-state index contributed by atoms with van der Waals surface area (Å²) < 4.78 is 15.1. The second-order valence-electron chi connectivity index (χ2n) is 4.32. The third-order valence-corrected chi connectivity index (χ3v) is 2.89. The molecule has 0 amide bonds. The molecule has 0 spiro atoms. The van der Waals surface area contributed by atoms with Crippen LogP contribution in [0.2, 0.25) is 0 Å². The minimum atomic E-state index is -4.44. The number of aromatic hydroxyl groups is 2. The van der Waals surface area contributed by atoms with Crippen LogP contribution in [0.3, 0.4) is 0 Å². The summed E-state index contributed by atoms with van der Waals surface area (Å²) in [6, 6.07) is 11.0. The van der Waals surface area contributed by atoms with Gasteiger partial charge in [-0.25, -0.2) is 4.57 Å². The molecule has 2 aromatic rings. The quantitative estimate of drug-likeness (QED) is 0.502. The minimum Gasteiger partial charge on any atom is -0.508 e. The zero-order chi connectivity index (χ0) is 16.0. The van der Waals surface area contributed by atoms with Crippen molar-refractivity contribution in [3.63, 3.8) is 0 Å². The minimum absolute atomic E-state index is 0.169. The molecule has 0 unspecified atom stereocenters. The second kappa shape index (κ2) is 7.13. The van der Waals surface area contributed by atoms with Gasteiger partial charge in [0, 0.05) is 0 Å². The molecule has 114 valence electrons. The van der Waals surface area contributed by atoms with Gasteiger partial charge in [0.1, 0.15) is 17.2 Å². The molecule has 0 aliphatic carbocycles. The molecule has 0 aliphatic heterocycles. The first-order chi connectivity index (χ1) is 9.69. The van der Waals surface area contributed by atoms with Crippen molar-refractivity contribution in [2.45, 2.75) is 13.8 Å². The first kappa shape index (κ1) is 17.0. The molecule has 0 heterocycles. The van der Waals surface area contributed by atoms with Crippen LogP contribution >= 0.6 is 7.82 Å². The molecule has 0 aromatic heterocycles. The predicted molar refractivity (Wildman–Crippen MR) is 78.4 cm³/mol. The lowest BCUT2D eigenvalue weighted by atomic mass is 10.1. The van der Waals surface area contributed by atoms with E-state index in [1.165, 1.54) is 24.3 Å². The molecule has 7 heteroatoms. The average molecular weight is 312 g/mol. The molecule has 4 N–H and O–H groups in total. The molecule has 21 heavy (non-hydrogen) atoms. The third-order valence-electron chi connectivity index (χ3n) is 2.47. The lowest BCUT2D eigenvalue weighted by Crippen LogP contribution is -1.94. The van der Waals surface area contributed by atoms with Crippen LogP contribution in [0.5, 0.6) is 17.2 Å². The Bertz CT molecular complexity index is 591. The van der Waals surface area contributed by atoms with E-state index in [2.05, 4.69) is 4.52 Å². The van der Waals surface area contributed by atoms with E-state index in [0.29, 0.717) is 11.1 Å². The largest absolute Gasteiger partial charge is 0.524 e. The van der Waals surface area contributed by atoms with E-state index in [4.69, 9.17) is 20.0 Å². The number of benzene rings is 2. The first-order valence-corrected chi connectivity index (χ1v) is 7.51. The molecule has 0 aliphatic rings. The second-order valence-corrected chi connectivity index (χ2v) is 5.48. The Hall–Kier alpha value is -2.01. The van der Waals surface area contributed by atoms with Crippen molar-refractivity contribution in [1.82, 2.24) is 0 Å². The number of hydrogen-bond acceptors (Lipinski definition) is 4. The fourth-order valence-electron chi connectivity index (χ4n) is 1.51. The van der Waals surface area contributed by atoms with Crippen molar-refractivity contribution in [1.29, 1.82) is 0 Å². The zero-order valence-corrected chi connectivity index (χ0v) is 12.5. The van der Waals surface area contributed by atoms with E-state index < -0.39 is 7.82 Å². The van der Waals surface area contributed by atoms with Crippen LogP contribution in [0.1, 0.15) is 11.1 Å². The van der Waals surface area contributed by atoms with Crippen LogP contribution in [0.15, 0.2) is 42.5 Å². The van der Waals surface area contributed by atoms with E-state index in [0.717, 1.165) is 0 Å². The van der Waals surface area contributed by atoms with Crippen molar-refractivity contribution in [3.8, 4) is 17.2 Å². The maximum atomic E-state index is 10.6. The van der Waals surface area contributed by atoms with Crippen molar-refractivity contribution >= 4 is 7.82 Å². The van der Waals surface area contributed by atoms with E-state index in [-0.39, 0.29) is 17.2 Å². The van der Waals surface area contributed by atoms with Crippen molar-refractivity contribution in [3.05, 3.63) is 53.6 Å². The number of aryl methyl sites for hydroxylation is 2. The van der Waals surface area contributed by atoms with Gasteiger partial charge in [0.25, 0.3) is 0 Å². The molecule has 0 fully saturated rings. The summed E-state index contributed by atoms with van der Waals surface area (Å²) in [5.41, 5.74) is 1.42. The van der Waals surface area contributed by atoms with Gasteiger partial charge in [-0.1, -0.05) is 18.2 Å². The van der Waals surface area contributed by atoms with Crippen molar-refractivity contribution in [2.24, 2.45) is 0 Å². The molecule has 2 aromatic carbocycles. The van der Waals surface area contributed by atoms with Crippen LogP contribution in [0, 0.1) is 13.8 Å². The van der Waals surface area contributed by atoms with Crippen molar-refractivity contribution in [2.75, 3.05) is 0 Å². The van der Waals surface area contributed by atoms with Gasteiger partial charge in [0.2, 0.25) is 0 Å². The summed E-state index contributed by atoms with van der Waals surface area (Å²) in [6.45, 7) is 3.47. The lowest BCUT2D eigenvalue weighted by Gasteiger charge is -2.11. The smallest absolute Gasteiger partial charge is 0.508 e. The number of phosphoric ester groups is 1. The van der Waals surface area contributed by atoms with Crippen LogP contribution < -0.4 is 4.52 Å². The Morgan fingerprint density at radius 3 is 1.57 bits per heavy atom. The Labute approximate surface area is 122 Å². The number of phenols is 2. The van der Waals surface area contributed by atoms with Gasteiger partial charge < -0.3 is 14.7 Å². The topological polar surface area (TPSA) is 107 Å². The Kier molecular flexibility index (Phi) is 5.79. The molecular formula is C14H17O6P. The standard InChI is InChI=1S/C8H11O4P.C6H6O2/c1-6-4-3-5-7(2)8(6)12-13(9,10)11;7-5-1-2-6(8)4-3-5/h3-5H,1-2H3,(H2,9,10,11);1-4,7-8H. The summed E-state index contributed by atoms with van der Waals surface area (Å²) in [5.74, 6) is 0.599. The molecule has 0 bridgehead atoms. The van der Waals surface area contributed by atoms with Gasteiger partial charge in [-0.2, -0.15) is 0 Å². The highest BCUT2D eigenvalue weighted by molar-refractivity contribution is 7.46. The molecular weight excluding hydrogens is 295 g/mol. The normalized spacial score (nSPS) is 10.5. The molecule has 6 nitrogen and oxygen atoms in total. The average Bonchev–Trinajstić information content (AvgIpc) is 2.37. The number of phosphoric acid groups is 1. The maximum Gasteiger partial charge on any atom is 0.524 e. The SMILES string of the molecule is Cc1cccc(C)c1OP(=O)(O)O.Oc1ccc(O)cc1. The van der Waals surface area contributed by atoms with Gasteiger partial charge in [0.05, 0.1) is 0 Å². The number of rotatable bonds is 2. The molecule has 0 radical (unpaired) electrons. The van der Waals surface area contributed by atoms with Gasteiger partial charge in [-0.15, -0.1) is 0 Å². The highest BCUT2D eigenvalue weighted by atomic mass is 31.2. The molecule has 0 saturated carbocycles. The summed E-state index contributed by atoms with van der Waals surface area (Å²) in [4.78, 5) is 17.2. The van der Waals surface area contributed by atoms with Gasteiger partial charge >= 0.3 is 7.82 Å². The highest BCUT2D eigenvalue weighted by Gasteiger charge is 2.18. The zero-order valence-electron chi connectivity index (χ0n) is 11.6.